The van der Waals surface area contributed by atoms with Gasteiger partial charge < -0.3 is 9.84 Å². The van der Waals surface area contributed by atoms with Gasteiger partial charge in [-0.25, -0.2) is 4.39 Å². The number of ether oxygens (including phenoxy) is 1. The molecule has 0 spiro atoms. The van der Waals surface area contributed by atoms with Gasteiger partial charge in [-0.2, -0.15) is 0 Å². The Morgan fingerprint density at radius 3 is 2.80 bits per heavy atom. The molecule has 0 aliphatic heterocycles. The molecular formula is C11H11FO3. The Morgan fingerprint density at radius 2 is 2.27 bits per heavy atom. The third kappa shape index (κ3) is 1.93. The van der Waals surface area contributed by atoms with Gasteiger partial charge in [0.2, 0.25) is 0 Å². The van der Waals surface area contributed by atoms with Crippen molar-refractivity contribution in [3.8, 4) is 5.75 Å². The van der Waals surface area contributed by atoms with Crippen LogP contribution in [0.4, 0.5) is 4.39 Å². The molecule has 2 rings (SSSR count). The molecule has 1 aromatic rings. The van der Waals surface area contributed by atoms with Crippen LogP contribution in [-0.4, -0.2) is 18.2 Å². The summed E-state index contributed by atoms with van der Waals surface area (Å²) >= 11 is 0. The number of carbonyl (C=O) groups is 1. The van der Waals surface area contributed by atoms with Gasteiger partial charge >= 0.3 is 5.97 Å². The highest BCUT2D eigenvalue weighted by molar-refractivity contribution is 5.75. The standard InChI is InChI=1S/C11H11FO3/c1-15-8-3-6(2-7(12)4-8)9-5-10(9)11(13)14/h2-4,9-10H,5H2,1H3,(H,13,14). The van der Waals surface area contributed by atoms with Crippen LogP contribution < -0.4 is 4.74 Å². The zero-order valence-corrected chi connectivity index (χ0v) is 8.24. The van der Waals surface area contributed by atoms with Crippen molar-refractivity contribution in [3.63, 3.8) is 0 Å². The zero-order valence-electron chi connectivity index (χ0n) is 8.24. The van der Waals surface area contributed by atoms with Crippen LogP contribution >= 0.6 is 0 Å². The number of hydrogen-bond acceptors (Lipinski definition) is 2. The first kappa shape index (κ1) is 9.96. The fourth-order valence-corrected chi connectivity index (χ4v) is 1.75. The largest absolute Gasteiger partial charge is 0.497 e. The van der Waals surface area contributed by atoms with Gasteiger partial charge in [0, 0.05) is 6.07 Å². The first-order valence-electron chi connectivity index (χ1n) is 4.69. The maximum atomic E-state index is 13.1. The molecule has 1 aromatic carbocycles. The van der Waals surface area contributed by atoms with Gasteiger partial charge in [0.05, 0.1) is 13.0 Å². The Hall–Kier alpha value is -1.58. The number of hydrogen-bond donors (Lipinski definition) is 1. The van der Waals surface area contributed by atoms with E-state index in [2.05, 4.69) is 0 Å². The predicted octanol–water partition coefficient (Wildman–Crippen LogP) is 2.02. The van der Waals surface area contributed by atoms with Gasteiger partial charge in [-0.05, 0) is 30.0 Å². The summed E-state index contributed by atoms with van der Waals surface area (Å²) < 4.78 is 18.0. The number of benzene rings is 1. The van der Waals surface area contributed by atoms with Crippen molar-refractivity contribution in [3.05, 3.63) is 29.6 Å². The number of carboxylic acids is 1. The van der Waals surface area contributed by atoms with Crippen molar-refractivity contribution >= 4 is 5.97 Å². The second-order valence-electron chi connectivity index (χ2n) is 3.71. The molecule has 2 atom stereocenters. The van der Waals surface area contributed by atoms with E-state index in [0.717, 1.165) is 0 Å². The number of halogens is 1. The summed E-state index contributed by atoms with van der Waals surface area (Å²) in [6.45, 7) is 0. The average Bonchev–Trinajstić information content (AvgIpc) is 2.96. The number of rotatable bonds is 3. The number of aliphatic carboxylic acids is 1. The molecule has 1 N–H and O–H groups in total. The number of methoxy groups -OCH3 is 1. The molecule has 0 heterocycles. The molecule has 0 bridgehead atoms. The van der Waals surface area contributed by atoms with E-state index < -0.39 is 5.97 Å². The lowest BCUT2D eigenvalue weighted by Crippen LogP contribution is -1.99. The fourth-order valence-electron chi connectivity index (χ4n) is 1.75. The van der Waals surface area contributed by atoms with Gasteiger partial charge in [0.15, 0.2) is 0 Å². The Balaban J connectivity index is 2.23. The molecule has 3 nitrogen and oxygen atoms in total. The average molecular weight is 210 g/mol. The van der Waals surface area contributed by atoms with Gasteiger partial charge in [0.25, 0.3) is 0 Å². The molecule has 1 aliphatic rings. The van der Waals surface area contributed by atoms with E-state index in [-0.39, 0.29) is 17.7 Å². The molecule has 2 unspecified atom stereocenters. The van der Waals surface area contributed by atoms with E-state index in [4.69, 9.17) is 9.84 Å². The second kappa shape index (κ2) is 3.53. The first-order chi connectivity index (χ1) is 7.11. The quantitative estimate of drug-likeness (QED) is 0.830. The maximum absolute atomic E-state index is 13.1. The molecule has 1 fully saturated rings. The minimum atomic E-state index is -0.816. The summed E-state index contributed by atoms with van der Waals surface area (Å²) in [6.07, 6.45) is 0.585. The van der Waals surface area contributed by atoms with Crippen molar-refractivity contribution < 1.29 is 19.0 Å². The molecule has 0 radical (unpaired) electrons. The van der Waals surface area contributed by atoms with Crippen molar-refractivity contribution in [2.75, 3.05) is 7.11 Å². The molecular weight excluding hydrogens is 199 g/mol. The third-order valence-electron chi connectivity index (χ3n) is 2.67. The SMILES string of the molecule is COc1cc(F)cc(C2CC2C(=O)O)c1. The summed E-state index contributed by atoms with van der Waals surface area (Å²) in [5.74, 6) is -1.20. The van der Waals surface area contributed by atoms with Crippen LogP contribution in [0.5, 0.6) is 5.75 Å². The summed E-state index contributed by atoms with van der Waals surface area (Å²) in [6, 6.07) is 4.34. The number of carboxylic acid groups (broad SMARTS) is 1. The minimum absolute atomic E-state index is 0.0629. The molecule has 80 valence electrons. The second-order valence-corrected chi connectivity index (χ2v) is 3.71. The topological polar surface area (TPSA) is 46.5 Å². The van der Waals surface area contributed by atoms with Gasteiger partial charge in [-0.3, -0.25) is 4.79 Å². The Morgan fingerprint density at radius 1 is 1.53 bits per heavy atom. The Bertz CT molecular complexity index is 403. The van der Waals surface area contributed by atoms with Gasteiger partial charge in [-0.15, -0.1) is 0 Å². The maximum Gasteiger partial charge on any atom is 0.307 e. The molecule has 15 heavy (non-hydrogen) atoms. The molecule has 4 heteroatoms. The van der Waals surface area contributed by atoms with E-state index in [9.17, 15) is 9.18 Å². The Kier molecular flexibility index (Phi) is 2.34. The van der Waals surface area contributed by atoms with Crippen molar-refractivity contribution in [1.82, 2.24) is 0 Å². The minimum Gasteiger partial charge on any atom is -0.497 e. The van der Waals surface area contributed by atoms with Crippen LogP contribution in [0.3, 0.4) is 0 Å². The summed E-state index contributed by atoms with van der Waals surface area (Å²) in [5, 5.41) is 8.76. The van der Waals surface area contributed by atoms with Crippen LogP contribution in [0.2, 0.25) is 0 Å². The summed E-state index contributed by atoms with van der Waals surface area (Å²) in [4.78, 5) is 10.7. The monoisotopic (exact) mass is 210 g/mol. The lowest BCUT2D eigenvalue weighted by atomic mass is 10.1. The first-order valence-corrected chi connectivity index (χ1v) is 4.69. The van der Waals surface area contributed by atoms with Gasteiger partial charge in [-0.1, -0.05) is 0 Å². The van der Waals surface area contributed by atoms with E-state index in [0.29, 0.717) is 17.7 Å². The fraction of sp³-hybridized carbons (Fsp3) is 0.364. The zero-order chi connectivity index (χ0) is 11.0. The highest BCUT2D eigenvalue weighted by Gasteiger charge is 2.44. The normalized spacial score (nSPS) is 23.6. The third-order valence-corrected chi connectivity index (χ3v) is 2.67. The summed E-state index contributed by atoms with van der Waals surface area (Å²) in [5.41, 5.74) is 0.708. The Labute approximate surface area is 86.5 Å². The lowest BCUT2D eigenvalue weighted by Gasteiger charge is -2.04. The van der Waals surface area contributed by atoms with E-state index in [1.165, 1.54) is 19.2 Å². The summed E-state index contributed by atoms with van der Waals surface area (Å²) in [7, 11) is 1.46. The molecule has 0 amide bonds. The lowest BCUT2D eigenvalue weighted by molar-refractivity contribution is -0.138. The van der Waals surface area contributed by atoms with E-state index in [1.54, 1.807) is 6.07 Å². The van der Waals surface area contributed by atoms with Crippen LogP contribution in [0.15, 0.2) is 18.2 Å². The van der Waals surface area contributed by atoms with Crippen molar-refractivity contribution in [1.29, 1.82) is 0 Å². The smallest absolute Gasteiger partial charge is 0.307 e. The van der Waals surface area contributed by atoms with Crippen molar-refractivity contribution in [2.24, 2.45) is 5.92 Å². The van der Waals surface area contributed by atoms with Crippen molar-refractivity contribution in [2.45, 2.75) is 12.3 Å². The highest BCUT2D eigenvalue weighted by Crippen LogP contribution is 2.48. The van der Waals surface area contributed by atoms with Gasteiger partial charge in [0.1, 0.15) is 11.6 Å². The van der Waals surface area contributed by atoms with E-state index >= 15 is 0 Å². The molecule has 1 saturated carbocycles. The predicted molar refractivity (Wildman–Crippen MR) is 51.4 cm³/mol. The highest BCUT2D eigenvalue weighted by atomic mass is 19.1. The van der Waals surface area contributed by atoms with E-state index in [1.807, 2.05) is 0 Å². The van der Waals surface area contributed by atoms with Crippen LogP contribution in [0.25, 0.3) is 0 Å². The molecule has 0 saturated heterocycles. The van der Waals surface area contributed by atoms with Crippen LogP contribution in [0.1, 0.15) is 17.9 Å². The molecule has 1 aliphatic carbocycles. The molecule has 0 aromatic heterocycles. The van der Waals surface area contributed by atoms with Crippen LogP contribution in [-0.2, 0) is 4.79 Å². The van der Waals surface area contributed by atoms with Crippen LogP contribution in [0, 0.1) is 11.7 Å².